The van der Waals surface area contributed by atoms with Gasteiger partial charge < -0.3 is 14.7 Å². The Morgan fingerprint density at radius 2 is 1.57 bits per heavy atom. The number of rotatable bonds is 4. The molecule has 1 aromatic carbocycles. The summed E-state index contributed by atoms with van der Waals surface area (Å²) in [5, 5.41) is 8.87. The number of benzene rings is 1. The highest BCUT2D eigenvalue weighted by Crippen LogP contribution is 2.19. The van der Waals surface area contributed by atoms with Crippen LogP contribution in [0.5, 0.6) is 5.75 Å². The van der Waals surface area contributed by atoms with Gasteiger partial charge in [0.2, 0.25) is 0 Å². The number of aliphatic hydroxyl groups excluding tert-OH is 1. The highest BCUT2D eigenvalue weighted by molar-refractivity contribution is 5.26. The maximum absolute atomic E-state index is 8.87. The number of ether oxygens (including phenoxy) is 1. The summed E-state index contributed by atoms with van der Waals surface area (Å²) in [5.74, 6) is 0.969. The Morgan fingerprint density at radius 1 is 1.05 bits per heavy atom. The first-order chi connectivity index (χ1) is 10.3. The summed E-state index contributed by atoms with van der Waals surface area (Å²) in [6, 6.07) is 8.23. The second kappa shape index (κ2) is 12.7. The normalized spacial score (nSPS) is 15.3. The van der Waals surface area contributed by atoms with Gasteiger partial charge in [0.25, 0.3) is 0 Å². The van der Waals surface area contributed by atoms with E-state index >= 15 is 0 Å². The van der Waals surface area contributed by atoms with Gasteiger partial charge >= 0.3 is 0 Å². The molecule has 1 heterocycles. The highest BCUT2D eigenvalue weighted by Gasteiger charge is 2.19. The zero-order valence-corrected chi connectivity index (χ0v) is 14.4. The molecular weight excluding hydrogens is 262 g/mol. The molecule has 0 aromatic heterocycles. The number of hydrogen-bond donors (Lipinski definition) is 1. The van der Waals surface area contributed by atoms with E-state index in [4.69, 9.17) is 9.84 Å². The van der Waals surface area contributed by atoms with Crippen LogP contribution in [-0.4, -0.2) is 42.4 Å². The molecule has 0 atom stereocenters. The zero-order valence-electron chi connectivity index (χ0n) is 14.4. The van der Waals surface area contributed by atoms with Gasteiger partial charge in [-0.25, -0.2) is 0 Å². The average molecular weight is 295 g/mol. The lowest BCUT2D eigenvalue weighted by Crippen LogP contribution is -2.39. The second-order valence-corrected chi connectivity index (χ2v) is 4.70. The van der Waals surface area contributed by atoms with Gasteiger partial charge in [0.1, 0.15) is 11.9 Å². The third kappa shape index (κ3) is 8.08. The quantitative estimate of drug-likeness (QED) is 0.915. The van der Waals surface area contributed by atoms with Crippen molar-refractivity contribution in [3.8, 4) is 5.75 Å². The lowest BCUT2D eigenvalue weighted by atomic mass is 10.1. The summed E-state index contributed by atoms with van der Waals surface area (Å²) >= 11 is 0. The van der Waals surface area contributed by atoms with Crippen LogP contribution in [0, 0.1) is 6.92 Å². The number of aliphatic hydroxyl groups is 1. The number of nitrogens with zero attached hydrogens (tertiary/aromatic N) is 1. The Morgan fingerprint density at radius 3 is 2.05 bits per heavy atom. The third-order valence-corrected chi connectivity index (χ3v) is 3.27. The summed E-state index contributed by atoms with van der Waals surface area (Å²) < 4.78 is 5.95. The second-order valence-electron chi connectivity index (χ2n) is 4.70. The maximum Gasteiger partial charge on any atom is 0.119 e. The van der Waals surface area contributed by atoms with Gasteiger partial charge in [-0.1, -0.05) is 45.4 Å². The lowest BCUT2D eigenvalue weighted by molar-refractivity contribution is 0.0889. The van der Waals surface area contributed by atoms with Crippen molar-refractivity contribution in [3.63, 3.8) is 0 Å². The molecule has 0 aliphatic carbocycles. The summed E-state index contributed by atoms with van der Waals surface area (Å²) in [6.45, 7) is 13.2. The van der Waals surface area contributed by atoms with Crippen molar-refractivity contribution in [1.29, 1.82) is 0 Å². The molecule has 0 spiro atoms. The minimum atomic E-state index is 0.253. The first kappa shape index (κ1) is 19.9. The van der Waals surface area contributed by atoms with Crippen LogP contribution in [0.2, 0.25) is 0 Å². The average Bonchev–Trinajstić information content (AvgIpc) is 2.56. The van der Waals surface area contributed by atoms with Gasteiger partial charge in [0, 0.05) is 19.6 Å². The minimum absolute atomic E-state index is 0.253. The van der Waals surface area contributed by atoms with Crippen molar-refractivity contribution in [2.45, 2.75) is 53.6 Å². The molecule has 0 radical (unpaired) electrons. The van der Waals surface area contributed by atoms with E-state index in [-0.39, 0.29) is 6.61 Å². The van der Waals surface area contributed by atoms with Crippen LogP contribution in [0.4, 0.5) is 0 Å². The molecule has 21 heavy (non-hydrogen) atoms. The van der Waals surface area contributed by atoms with Crippen molar-refractivity contribution < 1.29 is 9.84 Å². The maximum atomic E-state index is 8.87. The van der Waals surface area contributed by atoms with Crippen molar-refractivity contribution >= 4 is 0 Å². The van der Waals surface area contributed by atoms with E-state index in [1.165, 1.54) is 5.56 Å². The smallest absolute Gasteiger partial charge is 0.119 e. The van der Waals surface area contributed by atoms with E-state index in [9.17, 15) is 0 Å². The SMILES string of the molecule is CC.CC.Cc1ccc(OC2CCN(CCO)CC2)cc1. The molecule has 0 unspecified atom stereocenters. The predicted molar refractivity (Wildman–Crippen MR) is 91.1 cm³/mol. The monoisotopic (exact) mass is 295 g/mol. The fraction of sp³-hybridized carbons (Fsp3) is 0.667. The summed E-state index contributed by atoms with van der Waals surface area (Å²) in [4.78, 5) is 2.29. The summed E-state index contributed by atoms with van der Waals surface area (Å²) in [7, 11) is 0. The number of piperidine rings is 1. The van der Waals surface area contributed by atoms with Gasteiger partial charge in [-0.15, -0.1) is 0 Å². The van der Waals surface area contributed by atoms with Crippen molar-refractivity contribution in [1.82, 2.24) is 4.90 Å². The molecule has 1 N–H and O–H groups in total. The Hall–Kier alpha value is -1.06. The molecule has 1 aliphatic heterocycles. The van der Waals surface area contributed by atoms with Crippen LogP contribution in [0.1, 0.15) is 46.1 Å². The molecule has 122 valence electrons. The third-order valence-electron chi connectivity index (χ3n) is 3.27. The predicted octanol–water partition coefficient (Wildman–Crippen LogP) is 3.88. The zero-order chi connectivity index (χ0) is 16.1. The molecule has 0 saturated carbocycles. The molecule has 1 fully saturated rings. The fourth-order valence-electron chi connectivity index (χ4n) is 2.20. The van der Waals surface area contributed by atoms with Crippen LogP contribution in [0.25, 0.3) is 0 Å². The molecule has 1 aromatic rings. The van der Waals surface area contributed by atoms with Crippen LogP contribution < -0.4 is 4.74 Å². The van der Waals surface area contributed by atoms with Crippen LogP contribution in [0.15, 0.2) is 24.3 Å². The Kier molecular flexibility index (Phi) is 12.0. The standard InChI is InChI=1S/C14H21NO2.2C2H6/c1-12-2-4-13(5-3-12)17-14-6-8-15(9-7-14)10-11-16;2*1-2/h2-5,14,16H,6-11H2,1H3;2*1-2H3. The van der Waals surface area contributed by atoms with Gasteiger partial charge in [-0.05, 0) is 31.9 Å². The molecule has 2 rings (SSSR count). The van der Waals surface area contributed by atoms with Gasteiger partial charge in [0.15, 0.2) is 0 Å². The van der Waals surface area contributed by atoms with E-state index in [0.29, 0.717) is 6.10 Å². The molecule has 0 bridgehead atoms. The van der Waals surface area contributed by atoms with E-state index in [1.807, 2.05) is 39.8 Å². The Labute approximate surface area is 130 Å². The van der Waals surface area contributed by atoms with Gasteiger partial charge in [-0.3, -0.25) is 0 Å². The van der Waals surface area contributed by atoms with E-state index in [2.05, 4.69) is 24.0 Å². The number of hydrogen-bond acceptors (Lipinski definition) is 3. The van der Waals surface area contributed by atoms with Crippen LogP contribution >= 0.6 is 0 Å². The van der Waals surface area contributed by atoms with Crippen molar-refractivity contribution in [2.75, 3.05) is 26.2 Å². The van der Waals surface area contributed by atoms with E-state index in [1.54, 1.807) is 0 Å². The minimum Gasteiger partial charge on any atom is -0.490 e. The molecule has 0 amide bonds. The highest BCUT2D eigenvalue weighted by atomic mass is 16.5. The topological polar surface area (TPSA) is 32.7 Å². The Bertz CT molecular complexity index is 330. The summed E-state index contributed by atoms with van der Waals surface area (Å²) in [6.07, 6.45) is 2.43. The largest absolute Gasteiger partial charge is 0.490 e. The van der Waals surface area contributed by atoms with Gasteiger partial charge in [-0.2, -0.15) is 0 Å². The first-order valence-electron chi connectivity index (χ1n) is 8.34. The summed E-state index contributed by atoms with van der Waals surface area (Å²) in [5.41, 5.74) is 1.26. The molecular formula is C18H33NO2. The number of likely N-dealkylation sites (tertiary alicyclic amines) is 1. The van der Waals surface area contributed by atoms with Crippen LogP contribution in [-0.2, 0) is 0 Å². The number of aryl methyl sites for hydroxylation is 1. The molecule has 3 heteroatoms. The van der Waals surface area contributed by atoms with Crippen molar-refractivity contribution in [3.05, 3.63) is 29.8 Å². The Balaban J connectivity index is 0.000000921. The molecule has 3 nitrogen and oxygen atoms in total. The first-order valence-corrected chi connectivity index (χ1v) is 8.34. The van der Waals surface area contributed by atoms with Gasteiger partial charge in [0.05, 0.1) is 6.61 Å². The molecule has 1 saturated heterocycles. The lowest BCUT2D eigenvalue weighted by Gasteiger charge is -2.31. The fourth-order valence-corrected chi connectivity index (χ4v) is 2.20. The number of β-amino-alcohol motifs (C(OH)–C–C–N with tert-alkyl or cyclic N) is 1. The van der Waals surface area contributed by atoms with E-state index in [0.717, 1.165) is 38.2 Å². The molecule has 1 aliphatic rings. The van der Waals surface area contributed by atoms with Crippen LogP contribution in [0.3, 0.4) is 0 Å². The van der Waals surface area contributed by atoms with E-state index < -0.39 is 0 Å². The van der Waals surface area contributed by atoms with Crippen molar-refractivity contribution in [2.24, 2.45) is 0 Å².